The predicted molar refractivity (Wildman–Crippen MR) is 176 cm³/mol. The fourth-order valence-corrected chi connectivity index (χ4v) is 7.06. The maximum Gasteiger partial charge on any atom is 0.183 e. The van der Waals surface area contributed by atoms with E-state index in [4.69, 9.17) is 14.8 Å². The first-order valence-corrected chi connectivity index (χ1v) is 15.1. The first-order valence-electron chi connectivity index (χ1n) is 15.1. The summed E-state index contributed by atoms with van der Waals surface area (Å²) in [7, 11) is 0. The molecule has 2 aliphatic rings. The number of para-hydroxylation sites is 2. The molecule has 0 fully saturated rings. The molecule has 0 amide bonds. The van der Waals surface area contributed by atoms with Crippen molar-refractivity contribution in [3.63, 3.8) is 0 Å². The molecule has 5 aromatic carbocycles. The van der Waals surface area contributed by atoms with Gasteiger partial charge in [0.2, 0.25) is 0 Å². The number of hydrogen-bond donors (Lipinski definition) is 0. The van der Waals surface area contributed by atoms with Gasteiger partial charge in [0.15, 0.2) is 5.82 Å². The Morgan fingerprint density at radius 2 is 1.20 bits per heavy atom. The lowest BCUT2D eigenvalue weighted by Crippen LogP contribution is -2.32. The van der Waals surface area contributed by atoms with Gasteiger partial charge in [0.25, 0.3) is 0 Å². The Morgan fingerprint density at radius 3 is 1.93 bits per heavy atom. The molecule has 0 bridgehead atoms. The number of hydrogen-bond acceptors (Lipinski definition) is 5. The largest absolute Gasteiger partial charge is 0.457 e. The van der Waals surface area contributed by atoms with Crippen molar-refractivity contribution in [1.29, 1.82) is 0 Å². The summed E-state index contributed by atoms with van der Waals surface area (Å²) < 4.78 is 6.49. The molecule has 2 aromatic heterocycles. The molecule has 0 atom stereocenters. The minimum Gasteiger partial charge on any atom is -0.457 e. The van der Waals surface area contributed by atoms with Gasteiger partial charge in [-0.1, -0.05) is 103 Å². The fourth-order valence-electron chi connectivity index (χ4n) is 7.06. The van der Waals surface area contributed by atoms with Crippen molar-refractivity contribution in [3.8, 4) is 56.5 Å². The van der Waals surface area contributed by atoms with E-state index in [1.807, 2.05) is 24.3 Å². The Kier molecular flexibility index (Phi) is 5.56. The van der Waals surface area contributed by atoms with Gasteiger partial charge in [0.1, 0.15) is 22.9 Å². The molecule has 1 aliphatic carbocycles. The van der Waals surface area contributed by atoms with E-state index in [1.165, 1.54) is 27.8 Å². The second-order valence-electron chi connectivity index (χ2n) is 11.6. The van der Waals surface area contributed by atoms with Gasteiger partial charge in [-0.25, -0.2) is 4.98 Å². The van der Waals surface area contributed by atoms with E-state index in [-0.39, 0.29) is 0 Å². The van der Waals surface area contributed by atoms with Gasteiger partial charge in [-0.15, -0.1) is 10.2 Å². The number of nitrogens with zero attached hydrogens (tertiary/aromatic N) is 4. The average Bonchev–Trinajstić information content (AvgIpc) is 3.39. The standard InChI is InChI=1S/C40H26N4O/c1-25-16-18-26(19-17-25)38-37(42-39(44-43-38)28-9-8-22-41-24-28)27-20-21-32-30(23-27)29-10-2-3-11-31(29)40(32)33-12-4-6-14-35(33)45-36-15-7-5-13-34(36)40/h2-24H,1H3. The monoisotopic (exact) mass is 578 g/mol. The van der Waals surface area contributed by atoms with Gasteiger partial charge < -0.3 is 4.74 Å². The second-order valence-corrected chi connectivity index (χ2v) is 11.6. The van der Waals surface area contributed by atoms with E-state index in [9.17, 15) is 0 Å². The first-order chi connectivity index (χ1) is 22.2. The maximum absolute atomic E-state index is 6.49. The molecule has 7 aromatic rings. The van der Waals surface area contributed by atoms with E-state index in [1.54, 1.807) is 12.4 Å². The van der Waals surface area contributed by atoms with Crippen LogP contribution in [0.1, 0.15) is 27.8 Å². The van der Waals surface area contributed by atoms with E-state index in [0.717, 1.165) is 50.7 Å². The third-order valence-electron chi connectivity index (χ3n) is 9.05. The minimum absolute atomic E-state index is 0.513. The molecule has 0 saturated carbocycles. The predicted octanol–water partition coefficient (Wildman–Crippen LogP) is 9.04. The van der Waals surface area contributed by atoms with Crippen LogP contribution in [0.3, 0.4) is 0 Å². The highest BCUT2D eigenvalue weighted by Gasteiger charge is 2.50. The van der Waals surface area contributed by atoms with E-state index in [2.05, 4.69) is 120 Å². The highest BCUT2D eigenvalue weighted by atomic mass is 16.5. The lowest BCUT2D eigenvalue weighted by Gasteiger charge is -2.39. The maximum atomic E-state index is 6.49. The molecule has 1 spiro atoms. The van der Waals surface area contributed by atoms with Crippen molar-refractivity contribution in [2.75, 3.05) is 0 Å². The Bertz CT molecular complexity index is 2220. The lowest BCUT2D eigenvalue weighted by atomic mass is 9.66. The van der Waals surface area contributed by atoms with Gasteiger partial charge in [-0.05, 0) is 59.5 Å². The molecule has 3 heterocycles. The van der Waals surface area contributed by atoms with Crippen LogP contribution in [0.4, 0.5) is 0 Å². The highest BCUT2D eigenvalue weighted by Crippen LogP contribution is 2.62. The van der Waals surface area contributed by atoms with Crippen LogP contribution in [0.25, 0.3) is 45.0 Å². The van der Waals surface area contributed by atoms with Crippen LogP contribution in [0, 0.1) is 6.92 Å². The van der Waals surface area contributed by atoms with Gasteiger partial charge in [-0.2, -0.15) is 0 Å². The van der Waals surface area contributed by atoms with Gasteiger partial charge in [0, 0.05) is 40.2 Å². The molecule has 45 heavy (non-hydrogen) atoms. The SMILES string of the molecule is Cc1ccc(-c2nnc(-c3cccnc3)nc2-c2ccc3c(c2)-c2ccccc2C32c3ccccc3Oc3ccccc32)cc1. The average molecular weight is 579 g/mol. The van der Waals surface area contributed by atoms with E-state index in [0.29, 0.717) is 5.82 Å². The summed E-state index contributed by atoms with van der Waals surface area (Å²) in [5, 5.41) is 9.30. The molecule has 1 aliphatic heterocycles. The number of aromatic nitrogens is 4. The Hall–Kier alpha value is -5.94. The van der Waals surface area contributed by atoms with Crippen molar-refractivity contribution < 1.29 is 4.74 Å². The number of benzene rings is 5. The van der Waals surface area contributed by atoms with Crippen LogP contribution in [-0.4, -0.2) is 20.2 Å². The molecule has 9 rings (SSSR count). The van der Waals surface area contributed by atoms with E-state index >= 15 is 0 Å². The van der Waals surface area contributed by atoms with Crippen LogP contribution in [-0.2, 0) is 5.41 Å². The molecule has 0 N–H and O–H groups in total. The Balaban J connectivity index is 1.32. The van der Waals surface area contributed by atoms with Gasteiger partial charge in [0.05, 0.1) is 5.41 Å². The molecule has 0 unspecified atom stereocenters. The summed E-state index contributed by atoms with van der Waals surface area (Å²) in [6, 6.07) is 44.5. The zero-order valence-electron chi connectivity index (χ0n) is 24.5. The van der Waals surface area contributed by atoms with Gasteiger partial charge >= 0.3 is 0 Å². The van der Waals surface area contributed by atoms with Crippen molar-refractivity contribution in [2.45, 2.75) is 12.3 Å². The zero-order chi connectivity index (χ0) is 30.0. The number of fused-ring (bicyclic) bond motifs is 9. The molecule has 5 heteroatoms. The van der Waals surface area contributed by atoms with Gasteiger partial charge in [-0.3, -0.25) is 4.98 Å². The normalized spacial score (nSPS) is 13.4. The Labute approximate surface area is 260 Å². The number of aryl methyl sites for hydroxylation is 1. The summed E-state index contributed by atoms with van der Waals surface area (Å²) in [4.78, 5) is 9.43. The van der Waals surface area contributed by atoms with Crippen LogP contribution in [0.15, 0.2) is 140 Å². The third kappa shape index (κ3) is 3.74. The van der Waals surface area contributed by atoms with E-state index < -0.39 is 5.41 Å². The third-order valence-corrected chi connectivity index (χ3v) is 9.05. The summed E-state index contributed by atoms with van der Waals surface area (Å²) >= 11 is 0. The molecule has 5 nitrogen and oxygen atoms in total. The van der Waals surface area contributed by atoms with Crippen molar-refractivity contribution >= 4 is 0 Å². The van der Waals surface area contributed by atoms with Crippen LogP contribution in [0.5, 0.6) is 11.5 Å². The molecule has 212 valence electrons. The van der Waals surface area contributed by atoms with Crippen molar-refractivity contribution in [3.05, 3.63) is 168 Å². The summed E-state index contributed by atoms with van der Waals surface area (Å²) in [5.74, 6) is 2.30. The summed E-state index contributed by atoms with van der Waals surface area (Å²) in [6.45, 7) is 2.08. The quantitative estimate of drug-likeness (QED) is 0.209. The first kappa shape index (κ1) is 25.5. The molecule has 0 saturated heterocycles. The molecule has 0 radical (unpaired) electrons. The lowest BCUT2D eigenvalue weighted by molar-refractivity contribution is 0.436. The van der Waals surface area contributed by atoms with Crippen LogP contribution < -0.4 is 4.74 Å². The zero-order valence-corrected chi connectivity index (χ0v) is 24.5. The summed E-state index contributed by atoms with van der Waals surface area (Å²) in [6.07, 6.45) is 3.52. The van der Waals surface area contributed by atoms with Crippen molar-refractivity contribution in [2.24, 2.45) is 0 Å². The molecular formula is C40H26N4O. The number of ether oxygens (including phenoxy) is 1. The van der Waals surface area contributed by atoms with Crippen molar-refractivity contribution in [1.82, 2.24) is 20.2 Å². The Morgan fingerprint density at radius 1 is 0.533 bits per heavy atom. The smallest absolute Gasteiger partial charge is 0.183 e. The minimum atomic E-state index is -0.513. The summed E-state index contributed by atoms with van der Waals surface area (Å²) in [5.41, 5.74) is 12.1. The van der Waals surface area contributed by atoms with Crippen LogP contribution >= 0.6 is 0 Å². The number of pyridine rings is 1. The fraction of sp³-hybridized carbons (Fsp3) is 0.0500. The number of rotatable bonds is 3. The molecular weight excluding hydrogens is 552 g/mol. The highest BCUT2D eigenvalue weighted by molar-refractivity contribution is 5.91. The van der Waals surface area contributed by atoms with Crippen LogP contribution in [0.2, 0.25) is 0 Å². The topological polar surface area (TPSA) is 60.8 Å². The second kappa shape index (κ2) is 9.79.